The summed E-state index contributed by atoms with van der Waals surface area (Å²) in [6.45, 7) is 5.15. The Kier molecular flexibility index (Phi) is 7.91. The van der Waals surface area contributed by atoms with E-state index in [2.05, 4.69) is 20.1 Å². The Morgan fingerprint density at radius 3 is 2.42 bits per heavy atom. The molecule has 0 aliphatic heterocycles. The maximum atomic E-state index is 14.4. The first-order chi connectivity index (χ1) is 18.6. The molecule has 4 atom stereocenters. The number of hydrogen-bond acceptors (Lipinski definition) is 8. The second kappa shape index (κ2) is 10.6. The molecule has 1 aromatic carbocycles. The fourth-order valence-corrected chi connectivity index (χ4v) is 7.44. The number of carbonyl (C=O) groups is 1. The predicted octanol–water partition coefficient (Wildman–Crippen LogP) is 3.45. The molecular weight excluding hydrogens is 551 g/mol. The van der Waals surface area contributed by atoms with E-state index >= 15 is 0 Å². The Morgan fingerprint density at radius 2 is 1.90 bits per heavy atom. The van der Waals surface area contributed by atoms with Gasteiger partial charge in [0, 0.05) is 24.0 Å². The van der Waals surface area contributed by atoms with Crippen LogP contribution in [0.1, 0.15) is 57.2 Å². The molecule has 2 fully saturated rings. The highest BCUT2D eigenvalue weighted by Crippen LogP contribution is 2.64. The van der Waals surface area contributed by atoms with Gasteiger partial charge >= 0.3 is 0 Å². The first kappa shape index (κ1) is 29.7. The number of ketones is 1. The molecule has 0 radical (unpaired) electrons. The molecule has 2 heterocycles. The van der Waals surface area contributed by atoms with E-state index in [1.165, 1.54) is 24.3 Å². The predicted molar refractivity (Wildman–Crippen MR) is 136 cm³/mol. The second-order valence-electron chi connectivity index (χ2n) is 11.0. The number of rotatable bonds is 7. The number of halogens is 3. The van der Waals surface area contributed by atoms with E-state index in [1.807, 2.05) is 13.8 Å². The molecule has 10 nitrogen and oxygen atoms in total. The lowest BCUT2D eigenvalue weighted by atomic mass is 9.70. The average molecular weight is 582 g/mol. The van der Waals surface area contributed by atoms with Crippen LogP contribution in [-0.4, -0.2) is 54.3 Å². The number of aromatic nitrogens is 5. The quantitative estimate of drug-likeness (QED) is 0.400. The topological polar surface area (TPSA) is 148 Å². The smallest absolute Gasteiger partial charge is 0.265 e. The first-order valence-corrected chi connectivity index (χ1v) is 14.2. The molecule has 0 amide bonds. The summed E-state index contributed by atoms with van der Waals surface area (Å²) in [6, 6.07) is 2.80. The standard InChI is InChI=1S/C16H14F3N5O.C10H16O4S/c1-10(15-14(19)5-20-7-22-15)16(25,6-24-9-21-8-23-24)12-3-2-11(17)4-13(12)18;1-9(2)7-3-4-10(9,8(11)5-7)6-15(12,13)14/h2-5,7-10,25H,6H2,1H3;7H,3-6H2,1-2H3,(H,12,13,14)/t10-,16+;7?,10-/m00/s1. The van der Waals surface area contributed by atoms with Gasteiger partial charge in [0.15, 0.2) is 5.82 Å². The molecule has 216 valence electrons. The molecule has 40 heavy (non-hydrogen) atoms. The van der Waals surface area contributed by atoms with Gasteiger partial charge < -0.3 is 5.11 Å². The zero-order valence-electron chi connectivity index (χ0n) is 22.1. The zero-order valence-corrected chi connectivity index (χ0v) is 22.9. The van der Waals surface area contributed by atoms with Crippen LogP contribution in [0.3, 0.4) is 0 Å². The van der Waals surface area contributed by atoms with Crippen LogP contribution in [-0.2, 0) is 27.1 Å². The van der Waals surface area contributed by atoms with Gasteiger partial charge in [0.1, 0.15) is 42.0 Å². The summed E-state index contributed by atoms with van der Waals surface area (Å²) >= 11 is 0. The number of hydrogen-bond donors (Lipinski definition) is 2. The SMILES string of the molecule is CC1(C)C2CC[C@]1(CS(=O)(=O)O)C(=O)C2.C[C@@H](c1ncncc1F)[C@](O)(Cn1cncn1)c1ccc(F)cc1F. The van der Waals surface area contributed by atoms with Crippen molar-refractivity contribution < 1.29 is 36.0 Å². The lowest BCUT2D eigenvalue weighted by Crippen LogP contribution is -2.42. The van der Waals surface area contributed by atoms with Crippen LogP contribution in [0.2, 0.25) is 0 Å². The van der Waals surface area contributed by atoms with Gasteiger partial charge in [-0.15, -0.1) is 0 Å². The number of carbonyl (C=O) groups excluding carboxylic acids is 1. The minimum atomic E-state index is -4.08. The molecule has 2 bridgehead atoms. The molecule has 0 saturated heterocycles. The third kappa shape index (κ3) is 5.39. The fraction of sp³-hybridized carbons (Fsp3) is 0.500. The number of Topliss-reactive ketones (excluding diaryl/α,β-unsaturated/α-hetero) is 1. The third-order valence-corrected chi connectivity index (χ3v) is 9.52. The number of nitrogens with zero attached hydrogens (tertiary/aromatic N) is 5. The molecule has 1 unspecified atom stereocenters. The van der Waals surface area contributed by atoms with Crippen molar-refractivity contribution in [3.63, 3.8) is 0 Å². The van der Waals surface area contributed by atoms with Gasteiger partial charge in [-0.25, -0.2) is 32.8 Å². The van der Waals surface area contributed by atoms with Gasteiger partial charge in [0.2, 0.25) is 0 Å². The highest BCUT2D eigenvalue weighted by atomic mass is 32.2. The molecule has 2 saturated carbocycles. The fourth-order valence-electron chi connectivity index (χ4n) is 6.14. The van der Waals surface area contributed by atoms with Gasteiger partial charge in [-0.3, -0.25) is 9.35 Å². The van der Waals surface area contributed by atoms with Crippen LogP contribution >= 0.6 is 0 Å². The maximum absolute atomic E-state index is 14.4. The van der Waals surface area contributed by atoms with Crippen LogP contribution in [0, 0.1) is 34.2 Å². The van der Waals surface area contributed by atoms with Gasteiger partial charge in [0.05, 0.1) is 29.6 Å². The molecule has 5 rings (SSSR count). The highest BCUT2D eigenvalue weighted by molar-refractivity contribution is 7.85. The molecule has 0 spiro atoms. The Hall–Kier alpha value is -3.23. The summed E-state index contributed by atoms with van der Waals surface area (Å²) in [5.74, 6) is -3.57. The van der Waals surface area contributed by atoms with Crippen molar-refractivity contribution in [1.29, 1.82) is 0 Å². The molecule has 14 heteroatoms. The molecule has 3 aromatic rings. The van der Waals surface area contributed by atoms with Gasteiger partial charge in [-0.2, -0.15) is 13.5 Å². The summed E-state index contributed by atoms with van der Waals surface area (Å²) in [6.07, 6.45) is 6.63. The van der Waals surface area contributed by atoms with E-state index < -0.39 is 50.3 Å². The van der Waals surface area contributed by atoms with Crippen LogP contribution in [0.4, 0.5) is 13.2 Å². The van der Waals surface area contributed by atoms with E-state index in [9.17, 15) is 31.5 Å². The van der Waals surface area contributed by atoms with Gasteiger partial charge in [0.25, 0.3) is 10.1 Å². The summed E-state index contributed by atoms with van der Waals surface area (Å²) in [5, 5.41) is 15.2. The first-order valence-electron chi connectivity index (χ1n) is 12.5. The largest absolute Gasteiger partial charge is 0.382 e. The van der Waals surface area contributed by atoms with Crippen molar-refractivity contribution in [1.82, 2.24) is 24.7 Å². The summed E-state index contributed by atoms with van der Waals surface area (Å²) in [7, 11) is -4.08. The summed E-state index contributed by atoms with van der Waals surface area (Å²) < 4.78 is 74.0. The Balaban J connectivity index is 0.000000210. The van der Waals surface area contributed by atoms with E-state index in [1.54, 1.807) is 0 Å². The number of aliphatic hydroxyl groups is 1. The molecular formula is C26H30F3N5O5S. The normalized spacial score (nSPS) is 23.8. The average Bonchev–Trinajstić information content (AvgIpc) is 3.49. The van der Waals surface area contributed by atoms with Crippen LogP contribution in [0.5, 0.6) is 0 Å². The minimum absolute atomic E-state index is 0.0152. The van der Waals surface area contributed by atoms with Crippen LogP contribution in [0.25, 0.3) is 0 Å². The Morgan fingerprint density at radius 1 is 1.18 bits per heavy atom. The van der Waals surface area contributed by atoms with Gasteiger partial charge in [-0.05, 0) is 30.2 Å². The zero-order chi connectivity index (χ0) is 29.5. The maximum Gasteiger partial charge on any atom is 0.265 e. The van der Waals surface area contributed by atoms with Crippen molar-refractivity contribution in [2.24, 2.45) is 16.7 Å². The van der Waals surface area contributed by atoms with E-state index in [-0.39, 0.29) is 34.9 Å². The second-order valence-corrected chi connectivity index (χ2v) is 12.5. The number of benzene rings is 1. The molecule has 2 N–H and O–H groups in total. The van der Waals surface area contributed by atoms with Crippen molar-refractivity contribution in [2.45, 2.75) is 58.1 Å². The monoisotopic (exact) mass is 581 g/mol. The van der Waals surface area contributed by atoms with Crippen molar-refractivity contribution in [3.05, 3.63) is 72.1 Å². The highest BCUT2D eigenvalue weighted by Gasteiger charge is 2.65. The van der Waals surface area contributed by atoms with E-state index in [0.717, 1.165) is 31.1 Å². The van der Waals surface area contributed by atoms with E-state index in [4.69, 9.17) is 4.55 Å². The van der Waals surface area contributed by atoms with Crippen LogP contribution in [0.15, 0.2) is 43.4 Å². The minimum Gasteiger partial charge on any atom is -0.382 e. The number of fused-ring (bicyclic) bond motifs is 2. The van der Waals surface area contributed by atoms with Crippen LogP contribution < -0.4 is 0 Å². The lowest BCUT2D eigenvalue weighted by Gasteiger charge is -2.35. The summed E-state index contributed by atoms with van der Waals surface area (Å²) in [5.41, 5.74) is -3.37. The molecule has 2 aliphatic rings. The van der Waals surface area contributed by atoms with Crippen molar-refractivity contribution >= 4 is 15.9 Å². The Bertz CT molecular complexity index is 1500. The molecule has 2 aromatic heterocycles. The summed E-state index contributed by atoms with van der Waals surface area (Å²) in [4.78, 5) is 23.1. The Labute approximate surface area is 229 Å². The van der Waals surface area contributed by atoms with Crippen molar-refractivity contribution in [3.8, 4) is 0 Å². The molecule has 2 aliphatic carbocycles. The lowest BCUT2D eigenvalue weighted by molar-refractivity contribution is -0.128. The van der Waals surface area contributed by atoms with E-state index in [0.29, 0.717) is 18.9 Å². The van der Waals surface area contributed by atoms with Crippen molar-refractivity contribution in [2.75, 3.05) is 5.75 Å². The third-order valence-electron chi connectivity index (χ3n) is 8.66. The van der Waals surface area contributed by atoms with Gasteiger partial charge in [-0.1, -0.05) is 26.8 Å².